The Kier molecular flexibility index (Phi) is 6.64. The number of amides is 2. The molecule has 2 aromatic rings. The molecule has 8 heteroatoms. The van der Waals surface area contributed by atoms with Crippen molar-refractivity contribution in [2.45, 2.75) is 25.3 Å². The molecule has 1 fully saturated rings. The maximum absolute atomic E-state index is 13.3. The zero-order valence-electron chi connectivity index (χ0n) is 16.2. The standard InChI is InChI=1S/C21H24FN3O4/c1-29-19-7-4-16(13-23-19)20(15-2-5-17(22)6-3-15)24-18(26)12-14-8-10-25(11-9-14)21(27)28/h2-7,13-14,20H,8-12H2,1H3,(H,24,26)(H,27,28). The van der Waals surface area contributed by atoms with Crippen LogP contribution in [-0.4, -0.2) is 47.2 Å². The Morgan fingerprint density at radius 1 is 1.21 bits per heavy atom. The molecule has 1 aliphatic heterocycles. The first-order chi connectivity index (χ1) is 14.0. The molecule has 2 amide bonds. The summed E-state index contributed by atoms with van der Waals surface area (Å²) in [5.41, 5.74) is 1.50. The number of hydrogen-bond donors (Lipinski definition) is 2. The number of carboxylic acid groups (broad SMARTS) is 1. The number of likely N-dealkylation sites (tertiary alicyclic amines) is 1. The van der Waals surface area contributed by atoms with Gasteiger partial charge in [0.05, 0.1) is 13.2 Å². The number of piperidine rings is 1. The summed E-state index contributed by atoms with van der Waals surface area (Å²) in [6.07, 6.45) is 2.33. The number of halogens is 1. The first-order valence-corrected chi connectivity index (χ1v) is 9.49. The summed E-state index contributed by atoms with van der Waals surface area (Å²) < 4.78 is 18.4. The number of carbonyl (C=O) groups excluding carboxylic acids is 1. The maximum atomic E-state index is 13.3. The molecule has 154 valence electrons. The van der Waals surface area contributed by atoms with Crippen LogP contribution >= 0.6 is 0 Å². The fraction of sp³-hybridized carbons (Fsp3) is 0.381. The highest BCUT2D eigenvalue weighted by Gasteiger charge is 2.25. The Balaban J connectivity index is 1.70. The highest BCUT2D eigenvalue weighted by molar-refractivity contribution is 5.77. The number of hydrogen-bond acceptors (Lipinski definition) is 4. The van der Waals surface area contributed by atoms with Crippen molar-refractivity contribution < 1.29 is 23.8 Å². The predicted octanol–water partition coefficient (Wildman–Crippen LogP) is 3.22. The zero-order chi connectivity index (χ0) is 20.8. The third-order valence-electron chi connectivity index (χ3n) is 5.17. The zero-order valence-corrected chi connectivity index (χ0v) is 16.2. The minimum absolute atomic E-state index is 0.133. The van der Waals surface area contributed by atoms with E-state index < -0.39 is 12.1 Å². The summed E-state index contributed by atoms with van der Waals surface area (Å²) in [4.78, 5) is 29.3. The Morgan fingerprint density at radius 3 is 2.41 bits per heavy atom. The van der Waals surface area contributed by atoms with Gasteiger partial charge < -0.3 is 20.1 Å². The van der Waals surface area contributed by atoms with Gasteiger partial charge in [-0.2, -0.15) is 0 Å². The van der Waals surface area contributed by atoms with Crippen molar-refractivity contribution in [3.8, 4) is 5.88 Å². The summed E-state index contributed by atoms with van der Waals surface area (Å²) >= 11 is 0. The Hall–Kier alpha value is -3.16. The molecule has 1 aliphatic rings. The topological polar surface area (TPSA) is 91.8 Å². The molecule has 1 aromatic heterocycles. The van der Waals surface area contributed by atoms with Crippen LogP contribution in [0.15, 0.2) is 42.6 Å². The number of carbonyl (C=O) groups is 2. The first kappa shape index (κ1) is 20.6. The van der Waals surface area contributed by atoms with Crippen molar-refractivity contribution >= 4 is 12.0 Å². The molecule has 0 spiro atoms. The minimum Gasteiger partial charge on any atom is -0.481 e. The molecule has 1 saturated heterocycles. The van der Waals surface area contributed by atoms with Crippen LogP contribution in [0.4, 0.5) is 9.18 Å². The molecule has 3 rings (SSSR count). The van der Waals surface area contributed by atoms with Gasteiger partial charge in [-0.25, -0.2) is 14.2 Å². The van der Waals surface area contributed by atoms with Gasteiger partial charge in [0.15, 0.2) is 0 Å². The van der Waals surface area contributed by atoms with Crippen LogP contribution in [0, 0.1) is 11.7 Å². The second kappa shape index (κ2) is 9.36. The molecule has 0 bridgehead atoms. The average molecular weight is 401 g/mol. The summed E-state index contributed by atoms with van der Waals surface area (Å²) in [7, 11) is 1.52. The van der Waals surface area contributed by atoms with Crippen LogP contribution in [0.3, 0.4) is 0 Å². The number of aromatic nitrogens is 1. The van der Waals surface area contributed by atoms with E-state index in [1.807, 2.05) is 6.07 Å². The first-order valence-electron chi connectivity index (χ1n) is 9.49. The number of rotatable bonds is 6. The lowest BCUT2D eigenvalue weighted by Gasteiger charge is -2.30. The quantitative estimate of drug-likeness (QED) is 0.776. The minimum atomic E-state index is -0.920. The number of ether oxygens (including phenoxy) is 1. The Labute approximate surface area is 168 Å². The van der Waals surface area contributed by atoms with Crippen molar-refractivity contribution in [1.82, 2.24) is 15.2 Å². The highest BCUT2D eigenvalue weighted by atomic mass is 19.1. The van der Waals surface area contributed by atoms with Gasteiger partial charge in [0.25, 0.3) is 0 Å². The van der Waals surface area contributed by atoms with Crippen LogP contribution in [0.5, 0.6) is 5.88 Å². The van der Waals surface area contributed by atoms with E-state index in [-0.39, 0.29) is 17.6 Å². The van der Waals surface area contributed by atoms with E-state index in [4.69, 9.17) is 9.84 Å². The molecule has 29 heavy (non-hydrogen) atoms. The molecule has 2 heterocycles. The van der Waals surface area contributed by atoms with E-state index in [9.17, 15) is 14.0 Å². The monoisotopic (exact) mass is 401 g/mol. The van der Waals surface area contributed by atoms with Gasteiger partial charge >= 0.3 is 6.09 Å². The molecular formula is C21H24FN3O4. The lowest BCUT2D eigenvalue weighted by molar-refractivity contribution is -0.122. The molecule has 1 unspecified atom stereocenters. The van der Waals surface area contributed by atoms with Crippen LogP contribution in [0.25, 0.3) is 0 Å². The Morgan fingerprint density at radius 2 is 1.86 bits per heavy atom. The van der Waals surface area contributed by atoms with Gasteiger partial charge in [-0.15, -0.1) is 0 Å². The average Bonchev–Trinajstić information content (AvgIpc) is 2.73. The normalized spacial score (nSPS) is 15.6. The highest BCUT2D eigenvalue weighted by Crippen LogP contribution is 2.25. The number of pyridine rings is 1. The summed E-state index contributed by atoms with van der Waals surface area (Å²) in [6.45, 7) is 0.883. The Bertz CT molecular complexity index is 834. The predicted molar refractivity (Wildman–Crippen MR) is 104 cm³/mol. The van der Waals surface area contributed by atoms with Crippen LogP contribution in [-0.2, 0) is 4.79 Å². The van der Waals surface area contributed by atoms with Crippen molar-refractivity contribution in [1.29, 1.82) is 0 Å². The van der Waals surface area contributed by atoms with Crippen LogP contribution < -0.4 is 10.1 Å². The fourth-order valence-corrected chi connectivity index (χ4v) is 3.51. The molecule has 0 aliphatic carbocycles. The molecule has 1 atom stereocenters. The van der Waals surface area contributed by atoms with Gasteiger partial charge in [-0.05, 0) is 48.1 Å². The number of benzene rings is 1. The summed E-state index contributed by atoms with van der Waals surface area (Å²) in [5.74, 6) is 0.109. The van der Waals surface area contributed by atoms with E-state index >= 15 is 0 Å². The van der Waals surface area contributed by atoms with Crippen LogP contribution in [0.1, 0.15) is 36.4 Å². The molecule has 0 saturated carbocycles. The molecule has 2 N–H and O–H groups in total. The second-order valence-electron chi connectivity index (χ2n) is 7.10. The lowest BCUT2D eigenvalue weighted by Crippen LogP contribution is -2.39. The number of nitrogens with one attached hydrogen (secondary N) is 1. The number of nitrogens with zero attached hydrogens (tertiary/aromatic N) is 2. The summed E-state index contributed by atoms with van der Waals surface area (Å²) in [6, 6.07) is 9.03. The van der Waals surface area contributed by atoms with E-state index in [1.165, 1.54) is 24.1 Å². The molecule has 0 radical (unpaired) electrons. The van der Waals surface area contributed by atoms with E-state index in [1.54, 1.807) is 24.4 Å². The van der Waals surface area contributed by atoms with Gasteiger partial charge in [0.1, 0.15) is 5.82 Å². The van der Waals surface area contributed by atoms with Crippen LogP contribution in [0.2, 0.25) is 0 Å². The van der Waals surface area contributed by atoms with Crippen molar-refractivity contribution in [2.24, 2.45) is 5.92 Å². The summed E-state index contributed by atoms with van der Waals surface area (Å²) in [5, 5.41) is 12.1. The molecular weight excluding hydrogens is 377 g/mol. The lowest BCUT2D eigenvalue weighted by atomic mass is 9.92. The van der Waals surface area contributed by atoms with Crippen molar-refractivity contribution in [2.75, 3.05) is 20.2 Å². The van der Waals surface area contributed by atoms with E-state index in [0.717, 1.165) is 11.1 Å². The van der Waals surface area contributed by atoms with Gasteiger partial charge in [0.2, 0.25) is 11.8 Å². The van der Waals surface area contributed by atoms with Gasteiger partial charge in [-0.1, -0.05) is 12.1 Å². The van der Waals surface area contributed by atoms with Gasteiger partial charge in [0, 0.05) is 31.8 Å². The second-order valence-corrected chi connectivity index (χ2v) is 7.10. The third kappa shape index (κ3) is 5.43. The smallest absolute Gasteiger partial charge is 0.407 e. The van der Waals surface area contributed by atoms with Gasteiger partial charge in [-0.3, -0.25) is 4.79 Å². The van der Waals surface area contributed by atoms with E-state index in [0.29, 0.717) is 38.2 Å². The largest absolute Gasteiger partial charge is 0.481 e. The number of methoxy groups -OCH3 is 1. The SMILES string of the molecule is COc1ccc(C(NC(=O)CC2CCN(C(=O)O)CC2)c2ccc(F)cc2)cn1. The third-order valence-corrected chi connectivity index (χ3v) is 5.17. The fourth-order valence-electron chi connectivity index (χ4n) is 3.51. The van der Waals surface area contributed by atoms with Crippen molar-refractivity contribution in [3.63, 3.8) is 0 Å². The van der Waals surface area contributed by atoms with E-state index in [2.05, 4.69) is 10.3 Å². The molecule has 7 nitrogen and oxygen atoms in total. The molecule has 1 aromatic carbocycles. The maximum Gasteiger partial charge on any atom is 0.407 e. The van der Waals surface area contributed by atoms with Crippen molar-refractivity contribution in [3.05, 3.63) is 59.5 Å².